The molecule has 1 unspecified atom stereocenters. The number of allylic oxidation sites excluding steroid dienone is 4. The average Bonchev–Trinajstić information content (AvgIpc) is 2.62. The van der Waals surface area contributed by atoms with Crippen LogP contribution in [0.3, 0.4) is 0 Å². The zero-order valence-electron chi connectivity index (χ0n) is 15.4. The van der Waals surface area contributed by atoms with Gasteiger partial charge in [0.25, 0.3) is 0 Å². The van der Waals surface area contributed by atoms with Gasteiger partial charge in [0.2, 0.25) is 0 Å². The minimum Gasteiger partial charge on any atom is -0.355 e. The molecule has 0 N–H and O–H groups in total. The molecule has 4 heteroatoms. The largest absolute Gasteiger partial charge is 0.355 e. The van der Waals surface area contributed by atoms with E-state index in [9.17, 15) is 0 Å². The van der Waals surface area contributed by atoms with Crippen LogP contribution in [0, 0.1) is 5.92 Å². The first-order valence-electron chi connectivity index (χ1n) is 9.63. The van der Waals surface area contributed by atoms with Gasteiger partial charge >= 0.3 is 0 Å². The van der Waals surface area contributed by atoms with Crippen LogP contribution < -0.4 is 0 Å². The topological polar surface area (TPSA) is 36.9 Å². The zero-order chi connectivity index (χ0) is 17.1. The molecule has 0 aromatic carbocycles. The van der Waals surface area contributed by atoms with E-state index in [1.807, 2.05) is 0 Å². The summed E-state index contributed by atoms with van der Waals surface area (Å²) in [4.78, 5) is 10.1. The van der Waals surface area contributed by atoms with Crippen molar-refractivity contribution in [2.24, 2.45) is 5.92 Å². The molecule has 0 saturated heterocycles. The Morgan fingerprint density at radius 3 is 2.38 bits per heavy atom. The maximum absolute atomic E-state index is 5.58. The number of rotatable bonds is 16. The van der Waals surface area contributed by atoms with Gasteiger partial charge in [-0.05, 0) is 57.3 Å². The molecule has 0 amide bonds. The smallest absolute Gasteiger partial charge is 0.146 e. The summed E-state index contributed by atoms with van der Waals surface area (Å²) in [6.07, 6.45) is 18.9. The predicted octanol–water partition coefficient (Wildman–Crippen LogP) is 5.20. The van der Waals surface area contributed by atoms with Gasteiger partial charge in [0, 0.05) is 6.61 Å². The lowest BCUT2D eigenvalue weighted by molar-refractivity contribution is -0.295. The molecule has 0 aromatic heterocycles. The van der Waals surface area contributed by atoms with Gasteiger partial charge in [-0.25, -0.2) is 9.78 Å². The van der Waals surface area contributed by atoms with Crippen LogP contribution in [0.1, 0.15) is 64.7 Å². The highest BCUT2D eigenvalue weighted by molar-refractivity contribution is 4.89. The summed E-state index contributed by atoms with van der Waals surface area (Å²) in [7, 11) is 0. The summed E-state index contributed by atoms with van der Waals surface area (Å²) in [5.74, 6) is 0.683. The fourth-order valence-corrected chi connectivity index (χ4v) is 2.46. The lowest BCUT2D eigenvalue weighted by Gasteiger charge is -2.17. The Morgan fingerprint density at radius 2 is 1.67 bits per heavy atom. The van der Waals surface area contributed by atoms with Crippen molar-refractivity contribution in [2.45, 2.75) is 64.7 Å². The second kappa shape index (κ2) is 17.2. The Hall–Kier alpha value is -0.680. The number of ether oxygens (including phenoxy) is 2. The molecule has 24 heavy (non-hydrogen) atoms. The summed E-state index contributed by atoms with van der Waals surface area (Å²) < 4.78 is 11.1. The number of unbranched alkanes of at least 4 members (excludes halogenated alkanes) is 3. The summed E-state index contributed by atoms with van der Waals surface area (Å²) in [6.45, 7) is 5.54. The lowest BCUT2D eigenvalue weighted by atomic mass is 9.95. The Labute approximate surface area is 148 Å². The molecule has 1 aliphatic carbocycles. The first-order valence-corrected chi connectivity index (χ1v) is 9.63. The molecule has 1 rings (SSSR count). The van der Waals surface area contributed by atoms with E-state index in [1.165, 1.54) is 12.8 Å². The first kappa shape index (κ1) is 21.4. The van der Waals surface area contributed by atoms with Gasteiger partial charge in [0.1, 0.15) is 6.79 Å². The molecule has 140 valence electrons. The van der Waals surface area contributed by atoms with Crippen molar-refractivity contribution in [1.82, 2.24) is 0 Å². The maximum Gasteiger partial charge on any atom is 0.146 e. The summed E-state index contributed by atoms with van der Waals surface area (Å²) in [5.41, 5.74) is 0. The van der Waals surface area contributed by atoms with E-state index in [1.54, 1.807) is 0 Å². The molecular weight excluding hydrogens is 304 g/mol. The van der Waals surface area contributed by atoms with Crippen LogP contribution in [-0.2, 0) is 19.2 Å². The number of hydrogen-bond acceptors (Lipinski definition) is 4. The van der Waals surface area contributed by atoms with Crippen LogP contribution in [0.15, 0.2) is 24.3 Å². The lowest BCUT2D eigenvalue weighted by Crippen LogP contribution is -2.13. The van der Waals surface area contributed by atoms with Crippen LogP contribution in [0.5, 0.6) is 0 Å². The predicted molar refractivity (Wildman–Crippen MR) is 97.7 cm³/mol. The third-order valence-corrected chi connectivity index (χ3v) is 3.99. The molecule has 0 saturated carbocycles. The van der Waals surface area contributed by atoms with Crippen molar-refractivity contribution < 1.29 is 19.2 Å². The van der Waals surface area contributed by atoms with Crippen LogP contribution in [0.2, 0.25) is 0 Å². The molecule has 0 aliphatic heterocycles. The van der Waals surface area contributed by atoms with Gasteiger partial charge in [0.15, 0.2) is 0 Å². The summed E-state index contributed by atoms with van der Waals surface area (Å²) >= 11 is 0. The molecule has 0 bridgehead atoms. The highest BCUT2D eigenvalue weighted by atomic mass is 17.2. The standard InChI is InChI=1S/C20H36O4/c1-2-3-16-23-24-17-12-7-5-4-6-11-15-21-19-22-18-20-13-9-8-10-14-20/h4-5,8-9,20H,2-3,6-7,10-19H2,1H3. The van der Waals surface area contributed by atoms with Gasteiger partial charge in [-0.3, -0.25) is 0 Å². The van der Waals surface area contributed by atoms with Crippen molar-refractivity contribution in [3.8, 4) is 0 Å². The van der Waals surface area contributed by atoms with Gasteiger partial charge in [0.05, 0.1) is 19.8 Å². The molecule has 0 radical (unpaired) electrons. The van der Waals surface area contributed by atoms with E-state index in [-0.39, 0.29) is 0 Å². The van der Waals surface area contributed by atoms with E-state index in [4.69, 9.17) is 19.2 Å². The molecule has 4 nitrogen and oxygen atoms in total. The third-order valence-electron chi connectivity index (χ3n) is 3.99. The van der Waals surface area contributed by atoms with Crippen molar-refractivity contribution in [2.75, 3.05) is 33.2 Å². The van der Waals surface area contributed by atoms with Crippen LogP contribution in [-0.4, -0.2) is 33.2 Å². The summed E-state index contributed by atoms with van der Waals surface area (Å²) in [5, 5.41) is 0. The Kier molecular flexibility index (Phi) is 15.3. The highest BCUT2D eigenvalue weighted by Crippen LogP contribution is 2.17. The Balaban J connectivity index is 1.73. The van der Waals surface area contributed by atoms with E-state index >= 15 is 0 Å². The van der Waals surface area contributed by atoms with E-state index < -0.39 is 0 Å². The van der Waals surface area contributed by atoms with Crippen LogP contribution >= 0.6 is 0 Å². The molecule has 0 aromatic rings. The first-order chi connectivity index (χ1) is 11.9. The average molecular weight is 341 g/mol. The van der Waals surface area contributed by atoms with E-state index in [2.05, 4.69) is 31.2 Å². The molecule has 0 fully saturated rings. The fraction of sp³-hybridized carbons (Fsp3) is 0.800. The van der Waals surface area contributed by atoms with Gasteiger partial charge < -0.3 is 9.47 Å². The maximum atomic E-state index is 5.58. The van der Waals surface area contributed by atoms with E-state index in [0.29, 0.717) is 25.9 Å². The normalized spacial score (nSPS) is 17.8. The quantitative estimate of drug-likeness (QED) is 0.127. The number of hydrogen-bond donors (Lipinski definition) is 0. The summed E-state index contributed by atoms with van der Waals surface area (Å²) in [6, 6.07) is 0. The monoisotopic (exact) mass is 340 g/mol. The third kappa shape index (κ3) is 13.7. The SMILES string of the molecule is CCCCOOCCCC=CCCCOCOCC1CC=CCC1. The van der Waals surface area contributed by atoms with Crippen molar-refractivity contribution in [3.05, 3.63) is 24.3 Å². The Morgan fingerprint density at radius 1 is 0.917 bits per heavy atom. The minimum absolute atomic E-state index is 0.430. The Bertz CT molecular complexity index is 315. The zero-order valence-corrected chi connectivity index (χ0v) is 15.4. The fourth-order valence-electron chi connectivity index (χ4n) is 2.46. The van der Waals surface area contributed by atoms with E-state index in [0.717, 1.165) is 58.2 Å². The van der Waals surface area contributed by atoms with Crippen LogP contribution in [0.25, 0.3) is 0 Å². The van der Waals surface area contributed by atoms with Crippen molar-refractivity contribution in [1.29, 1.82) is 0 Å². The van der Waals surface area contributed by atoms with Gasteiger partial charge in [-0.2, -0.15) is 0 Å². The van der Waals surface area contributed by atoms with Crippen molar-refractivity contribution >= 4 is 0 Å². The molecule has 1 atom stereocenters. The van der Waals surface area contributed by atoms with Crippen LogP contribution in [0.4, 0.5) is 0 Å². The minimum atomic E-state index is 0.430. The molecule has 0 spiro atoms. The molecule has 1 aliphatic rings. The molecular formula is C20H36O4. The second-order valence-corrected chi connectivity index (χ2v) is 6.30. The highest BCUT2D eigenvalue weighted by Gasteiger charge is 2.09. The van der Waals surface area contributed by atoms with Gasteiger partial charge in [-0.15, -0.1) is 0 Å². The molecule has 0 heterocycles. The second-order valence-electron chi connectivity index (χ2n) is 6.30. The van der Waals surface area contributed by atoms with Gasteiger partial charge in [-0.1, -0.05) is 37.6 Å². The van der Waals surface area contributed by atoms with Crippen molar-refractivity contribution in [3.63, 3.8) is 0 Å².